The van der Waals surface area contributed by atoms with E-state index in [-0.39, 0.29) is 12.2 Å². The zero-order chi connectivity index (χ0) is 11.1. The maximum absolute atomic E-state index is 5.88. The van der Waals surface area contributed by atoms with Crippen molar-refractivity contribution in [1.82, 2.24) is 5.32 Å². The van der Waals surface area contributed by atoms with Crippen molar-refractivity contribution < 1.29 is 4.74 Å². The molecule has 0 fully saturated rings. The molecule has 1 rings (SSSR count). The predicted molar refractivity (Wildman–Crippen MR) is 63.9 cm³/mol. The third-order valence-electron chi connectivity index (χ3n) is 2.19. The van der Waals surface area contributed by atoms with E-state index in [1.54, 1.807) is 0 Å². The van der Waals surface area contributed by atoms with Crippen molar-refractivity contribution in [3.8, 4) is 0 Å². The number of nitrogens with one attached hydrogen (secondary N) is 1. The maximum atomic E-state index is 5.88. The summed E-state index contributed by atoms with van der Waals surface area (Å²) >= 11 is 0. The van der Waals surface area contributed by atoms with Crippen molar-refractivity contribution >= 4 is 0 Å². The average molecular weight is 207 g/mol. The molecular formula is C13H21NO. The van der Waals surface area contributed by atoms with Gasteiger partial charge in [-0.25, -0.2) is 0 Å². The van der Waals surface area contributed by atoms with Crippen molar-refractivity contribution in [3.63, 3.8) is 0 Å². The minimum absolute atomic E-state index is 0.158. The minimum atomic E-state index is 0.158. The Kier molecular flexibility index (Phi) is 5.37. The van der Waals surface area contributed by atoms with Gasteiger partial charge < -0.3 is 10.1 Å². The van der Waals surface area contributed by atoms with Crippen LogP contribution in [-0.2, 0) is 4.74 Å². The van der Waals surface area contributed by atoms with E-state index in [0.29, 0.717) is 0 Å². The zero-order valence-electron chi connectivity index (χ0n) is 9.86. The molecule has 2 nitrogen and oxygen atoms in total. The summed E-state index contributed by atoms with van der Waals surface area (Å²) in [5.41, 5.74) is 1.24. The van der Waals surface area contributed by atoms with Gasteiger partial charge in [0.1, 0.15) is 0 Å². The summed E-state index contributed by atoms with van der Waals surface area (Å²) in [6.45, 7) is 8.10. The van der Waals surface area contributed by atoms with Crippen LogP contribution in [0.4, 0.5) is 0 Å². The van der Waals surface area contributed by atoms with E-state index in [4.69, 9.17) is 4.74 Å². The molecule has 0 bridgehead atoms. The van der Waals surface area contributed by atoms with Crippen LogP contribution in [0.3, 0.4) is 0 Å². The van der Waals surface area contributed by atoms with Gasteiger partial charge in [-0.05, 0) is 26.0 Å². The zero-order valence-corrected chi connectivity index (χ0v) is 9.86. The fourth-order valence-electron chi connectivity index (χ4n) is 1.52. The van der Waals surface area contributed by atoms with Crippen LogP contribution >= 0.6 is 0 Å². The van der Waals surface area contributed by atoms with E-state index in [1.165, 1.54) is 5.56 Å². The molecule has 0 spiro atoms. The normalized spacial score (nSPS) is 13.1. The second kappa shape index (κ2) is 6.59. The molecule has 84 valence electrons. The second-order valence-electron chi connectivity index (χ2n) is 3.89. The molecule has 1 aromatic carbocycles. The monoisotopic (exact) mass is 207 g/mol. The highest BCUT2D eigenvalue weighted by atomic mass is 16.5. The standard InChI is InChI=1S/C13H21NO/c1-4-14-10-13(15-11(2)3)12-8-6-5-7-9-12/h5-9,11,13-14H,4,10H2,1-3H3. The number of ether oxygens (including phenoxy) is 1. The Hall–Kier alpha value is -0.860. The Morgan fingerprint density at radius 1 is 1.20 bits per heavy atom. The number of hydrogen-bond acceptors (Lipinski definition) is 2. The first-order valence-electron chi connectivity index (χ1n) is 5.65. The lowest BCUT2D eigenvalue weighted by Gasteiger charge is -2.21. The van der Waals surface area contributed by atoms with Crippen molar-refractivity contribution in [2.24, 2.45) is 0 Å². The number of likely N-dealkylation sites (N-methyl/N-ethyl adjacent to an activating group) is 1. The van der Waals surface area contributed by atoms with Crippen LogP contribution in [0.25, 0.3) is 0 Å². The van der Waals surface area contributed by atoms with Gasteiger partial charge in [0.25, 0.3) is 0 Å². The topological polar surface area (TPSA) is 21.3 Å². The molecule has 1 aromatic rings. The quantitative estimate of drug-likeness (QED) is 0.774. The summed E-state index contributed by atoms with van der Waals surface area (Å²) in [6, 6.07) is 10.4. The van der Waals surface area contributed by atoms with E-state index in [1.807, 2.05) is 6.07 Å². The van der Waals surface area contributed by atoms with E-state index in [0.717, 1.165) is 13.1 Å². The van der Waals surface area contributed by atoms with E-state index in [2.05, 4.69) is 50.4 Å². The van der Waals surface area contributed by atoms with Crippen molar-refractivity contribution in [2.75, 3.05) is 13.1 Å². The van der Waals surface area contributed by atoms with Gasteiger partial charge in [0, 0.05) is 6.54 Å². The van der Waals surface area contributed by atoms with E-state index >= 15 is 0 Å². The lowest BCUT2D eigenvalue weighted by molar-refractivity contribution is 0.00741. The Morgan fingerprint density at radius 3 is 2.40 bits per heavy atom. The van der Waals surface area contributed by atoms with Crippen molar-refractivity contribution in [1.29, 1.82) is 0 Å². The third-order valence-corrected chi connectivity index (χ3v) is 2.19. The highest BCUT2D eigenvalue weighted by molar-refractivity contribution is 5.17. The first-order chi connectivity index (χ1) is 7.24. The molecule has 0 saturated carbocycles. The van der Waals surface area contributed by atoms with Crippen LogP contribution < -0.4 is 5.32 Å². The van der Waals surface area contributed by atoms with Crippen LogP contribution in [0, 0.1) is 0 Å². The lowest BCUT2D eigenvalue weighted by atomic mass is 10.1. The first-order valence-corrected chi connectivity index (χ1v) is 5.65. The third kappa shape index (κ3) is 4.45. The first kappa shape index (κ1) is 12.2. The molecule has 0 saturated heterocycles. The Morgan fingerprint density at radius 2 is 1.87 bits per heavy atom. The molecule has 1 N–H and O–H groups in total. The minimum Gasteiger partial charge on any atom is -0.370 e. The maximum Gasteiger partial charge on any atom is 0.0952 e. The number of hydrogen-bond donors (Lipinski definition) is 1. The van der Waals surface area contributed by atoms with Crippen molar-refractivity contribution in [3.05, 3.63) is 35.9 Å². The molecule has 1 atom stereocenters. The van der Waals surface area contributed by atoms with E-state index in [9.17, 15) is 0 Å². The van der Waals surface area contributed by atoms with Crippen molar-refractivity contribution in [2.45, 2.75) is 33.0 Å². The molecule has 0 aliphatic rings. The largest absolute Gasteiger partial charge is 0.370 e. The summed E-state index contributed by atoms with van der Waals surface area (Å²) in [5.74, 6) is 0. The molecule has 15 heavy (non-hydrogen) atoms. The van der Waals surface area contributed by atoms with E-state index < -0.39 is 0 Å². The van der Waals surface area contributed by atoms with Gasteiger partial charge in [-0.15, -0.1) is 0 Å². The van der Waals surface area contributed by atoms with Gasteiger partial charge in [0.15, 0.2) is 0 Å². The Balaban J connectivity index is 2.63. The summed E-state index contributed by atoms with van der Waals surface area (Å²) < 4.78 is 5.88. The number of rotatable bonds is 6. The molecule has 0 aliphatic heterocycles. The highest BCUT2D eigenvalue weighted by Crippen LogP contribution is 2.17. The molecule has 0 aliphatic carbocycles. The van der Waals surface area contributed by atoms with Crippen LogP contribution in [-0.4, -0.2) is 19.2 Å². The molecule has 0 aromatic heterocycles. The molecule has 0 amide bonds. The summed E-state index contributed by atoms with van der Waals surface area (Å²) in [4.78, 5) is 0. The second-order valence-corrected chi connectivity index (χ2v) is 3.89. The van der Waals surface area contributed by atoms with Gasteiger partial charge in [-0.1, -0.05) is 37.3 Å². The van der Waals surface area contributed by atoms with Gasteiger partial charge in [-0.3, -0.25) is 0 Å². The van der Waals surface area contributed by atoms with Gasteiger partial charge in [-0.2, -0.15) is 0 Å². The van der Waals surface area contributed by atoms with Gasteiger partial charge in [0.05, 0.1) is 12.2 Å². The Bertz CT molecular complexity index is 258. The fraction of sp³-hybridized carbons (Fsp3) is 0.538. The summed E-state index contributed by atoms with van der Waals surface area (Å²) in [5, 5.41) is 3.33. The number of benzene rings is 1. The summed E-state index contributed by atoms with van der Waals surface area (Å²) in [7, 11) is 0. The Labute approximate surface area is 92.6 Å². The SMILES string of the molecule is CCNCC(OC(C)C)c1ccccc1. The predicted octanol–water partition coefficient (Wildman–Crippen LogP) is 2.76. The fourth-order valence-corrected chi connectivity index (χ4v) is 1.52. The molecular weight excluding hydrogens is 186 g/mol. The van der Waals surface area contributed by atoms with Crippen LogP contribution in [0.2, 0.25) is 0 Å². The molecule has 0 radical (unpaired) electrons. The van der Waals surface area contributed by atoms with Crippen LogP contribution in [0.15, 0.2) is 30.3 Å². The molecule has 0 heterocycles. The van der Waals surface area contributed by atoms with Crippen LogP contribution in [0.1, 0.15) is 32.4 Å². The highest BCUT2D eigenvalue weighted by Gasteiger charge is 2.12. The smallest absolute Gasteiger partial charge is 0.0952 e. The summed E-state index contributed by atoms with van der Waals surface area (Å²) in [6.07, 6.45) is 0.417. The lowest BCUT2D eigenvalue weighted by Crippen LogP contribution is -2.25. The van der Waals surface area contributed by atoms with Crippen LogP contribution in [0.5, 0.6) is 0 Å². The molecule has 1 unspecified atom stereocenters. The molecule has 2 heteroatoms. The van der Waals surface area contributed by atoms with Gasteiger partial charge >= 0.3 is 0 Å². The average Bonchev–Trinajstić information content (AvgIpc) is 2.25. The van der Waals surface area contributed by atoms with Gasteiger partial charge in [0.2, 0.25) is 0 Å².